The molecule has 0 amide bonds. The smallest absolute Gasteiger partial charge is 0.343 e. The minimum Gasteiger partial charge on any atom is -0.462 e. The zero-order valence-corrected chi connectivity index (χ0v) is 15.7. The van der Waals surface area contributed by atoms with E-state index in [4.69, 9.17) is 4.74 Å². The Labute approximate surface area is 156 Å². The van der Waals surface area contributed by atoms with Crippen LogP contribution in [-0.2, 0) is 4.74 Å². The van der Waals surface area contributed by atoms with Gasteiger partial charge < -0.3 is 19.5 Å². The molecule has 1 saturated carbocycles. The Kier molecular flexibility index (Phi) is 4.63. The van der Waals surface area contributed by atoms with Crippen LogP contribution in [0.4, 0.5) is 10.1 Å². The Balaban J connectivity index is 1.96. The third kappa shape index (κ3) is 3.10. The highest BCUT2D eigenvalue weighted by molar-refractivity contribution is 5.96. The Morgan fingerprint density at radius 1 is 1.33 bits per heavy atom. The van der Waals surface area contributed by atoms with Gasteiger partial charge in [-0.25, -0.2) is 9.18 Å². The standard InChI is InChI=1S/C20H24FN3O3/c1-3-27-20(26)14-11-24(13-4-5-13)15-10-16(23-8-6-22-7-9-23)18(21)12(2)17(15)19(14)25/h10-11,13,22H,3-9H2,1-2H3. The number of hydrogen-bond acceptors (Lipinski definition) is 5. The third-order valence-corrected chi connectivity index (χ3v) is 5.37. The molecule has 4 rings (SSSR count). The van der Waals surface area contributed by atoms with E-state index in [9.17, 15) is 9.59 Å². The second-order valence-corrected chi connectivity index (χ2v) is 7.20. The Bertz CT molecular complexity index is 959. The van der Waals surface area contributed by atoms with Crippen molar-refractivity contribution in [3.63, 3.8) is 0 Å². The molecule has 0 unspecified atom stereocenters. The molecule has 1 saturated heterocycles. The van der Waals surface area contributed by atoms with Gasteiger partial charge in [0, 0.05) is 44.0 Å². The summed E-state index contributed by atoms with van der Waals surface area (Å²) in [7, 11) is 0. The highest BCUT2D eigenvalue weighted by atomic mass is 19.1. The Morgan fingerprint density at radius 3 is 2.67 bits per heavy atom. The van der Waals surface area contributed by atoms with Crippen LogP contribution in [0.3, 0.4) is 0 Å². The summed E-state index contributed by atoms with van der Waals surface area (Å²) < 4.78 is 22.2. The van der Waals surface area contributed by atoms with Gasteiger partial charge in [-0.15, -0.1) is 0 Å². The average molecular weight is 373 g/mol. The predicted octanol–water partition coefficient (Wildman–Crippen LogP) is 2.37. The fraction of sp³-hybridized carbons (Fsp3) is 0.500. The van der Waals surface area contributed by atoms with Gasteiger partial charge in [-0.1, -0.05) is 0 Å². The maximum Gasteiger partial charge on any atom is 0.343 e. The topological polar surface area (TPSA) is 63.6 Å². The summed E-state index contributed by atoms with van der Waals surface area (Å²) in [5.74, 6) is -1.03. The van der Waals surface area contributed by atoms with Gasteiger partial charge in [-0.3, -0.25) is 4.79 Å². The number of aromatic nitrogens is 1. The Hall–Kier alpha value is -2.41. The quantitative estimate of drug-likeness (QED) is 0.834. The number of nitrogens with zero attached hydrogens (tertiary/aromatic N) is 2. The number of ether oxygens (including phenoxy) is 1. The van der Waals surface area contributed by atoms with Gasteiger partial charge in [0.1, 0.15) is 11.4 Å². The van der Waals surface area contributed by atoms with Crippen molar-refractivity contribution in [3.8, 4) is 0 Å². The summed E-state index contributed by atoms with van der Waals surface area (Å²) in [6.07, 6.45) is 3.57. The molecule has 2 fully saturated rings. The molecule has 27 heavy (non-hydrogen) atoms. The highest BCUT2D eigenvalue weighted by Gasteiger charge is 2.29. The lowest BCUT2D eigenvalue weighted by Gasteiger charge is -2.30. The van der Waals surface area contributed by atoms with Crippen LogP contribution in [0.5, 0.6) is 0 Å². The van der Waals surface area contributed by atoms with E-state index in [0.717, 1.165) is 39.0 Å². The molecule has 0 radical (unpaired) electrons. The van der Waals surface area contributed by atoms with Gasteiger partial charge in [-0.2, -0.15) is 0 Å². The first-order valence-electron chi connectivity index (χ1n) is 9.53. The van der Waals surface area contributed by atoms with Crippen LogP contribution in [0, 0.1) is 12.7 Å². The van der Waals surface area contributed by atoms with Crippen molar-refractivity contribution >= 4 is 22.6 Å². The number of fused-ring (bicyclic) bond motifs is 1. The molecule has 0 bridgehead atoms. The lowest BCUT2D eigenvalue weighted by Crippen LogP contribution is -2.44. The molecule has 2 aromatic rings. The molecule has 1 aliphatic heterocycles. The van der Waals surface area contributed by atoms with E-state index in [1.807, 2.05) is 9.47 Å². The first-order chi connectivity index (χ1) is 13.0. The van der Waals surface area contributed by atoms with Gasteiger partial charge in [-0.05, 0) is 32.8 Å². The molecular formula is C20H24FN3O3. The number of pyridine rings is 1. The monoisotopic (exact) mass is 373 g/mol. The van der Waals surface area contributed by atoms with E-state index < -0.39 is 11.4 Å². The molecular weight excluding hydrogens is 349 g/mol. The number of piperazine rings is 1. The Morgan fingerprint density at radius 2 is 2.04 bits per heavy atom. The van der Waals surface area contributed by atoms with Gasteiger partial charge in [0.2, 0.25) is 5.43 Å². The van der Waals surface area contributed by atoms with Crippen molar-refractivity contribution < 1.29 is 13.9 Å². The van der Waals surface area contributed by atoms with E-state index in [-0.39, 0.29) is 29.4 Å². The summed E-state index contributed by atoms with van der Waals surface area (Å²) in [6, 6.07) is 2.01. The van der Waals surface area contributed by atoms with Crippen molar-refractivity contribution in [2.24, 2.45) is 0 Å². The number of aryl methyl sites for hydroxylation is 1. The van der Waals surface area contributed by atoms with Crippen LogP contribution in [0.2, 0.25) is 0 Å². The van der Waals surface area contributed by atoms with Crippen LogP contribution in [-0.4, -0.2) is 43.3 Å². The number of carbonyl (C=O) groups is 1. The fourth-order valence-corrected chi connectivity index (χ4v) is 3.80. The van der Waals surface area contributed by atoms with Crippen molar-refractivity contribution in [1.82, 2.24) is 9.88 Å². The summed E-state index contributed by atoms with van der Waals surface area (Å²) in [6.45, 7) is 6.55. The van der Waals surface area contributed by atoms with Crippen molar-refractivity contribution in [2.75, 3.05) is 37.7 Å². The molecule has 0 atom stereocenters. The van der Waals surface area contributed by atoms with Crippen LogP contribution < -0.4 is 15.6 Å². The van der Waals surface area contributed by atoms with Gasteiger partial charge >= 0.3 is 5.97 Å². The largest absolute Gasteiger partial charge is 0.462 e. The fourth-order valence-electron chi connectivity index (χ4n) is 3.80. The number of benzene rings is 1. The number of rotatable bonds is 4. The molecule has 0 spiro atoms. The van der Waals surface area contributed by atoms with Gasteiger partial charge in [0.05, 0.1) is 23.2 Å². The van der Waals surface area contributed by atoms with Crippen LogP contribution >= 0.6 is 0 Å². The van der Waals surface area contributed by atoms with Crippen LogP contribution in [0.25, 0.3) is 10.9 Å². The van der Waals surface area contributed by atoms with Crippen molar-refractivity contribution in [2.45, 2.75) is 32.7 Å². The number of halogens is 1. The predicted molar refractivity (Wildman–Crippen MR) is 102 cm³/mol. The number of esters is 1. The molecule has 1 aromatic carbocycles. The van der Waals surface area contributed by atoms with Crippen LogP contribution in [0.15, 0.2) is 17.1 Å². The molecule has 1 aromatic heterocycles. The first kappa shape index (κ1) is 18.0. The van der Waals surface area contributed by atoms with E-state index >= 15 is 4.39 Å². The second kappa shape index (κ2) is 6.96. The zero-order valence-electron chi connectivity index (χ0n) is 15.7. The number of carbonyl (C=O) groups excluding carboxylic acids is 1. The molecule has 7 heteroatoms. The number of anilines is 1. The number of hydrogen-bond donors (Lipinski definition) is 1. The molecule has 1 aliphatic carbocycles. The summed E-state index contributed by atoms with van der Waals surface area (Å²) in [5, 5.41) is 3.55. The highest BCUT2D eigenvalue weighted by Crippen LogP contribution is 2.39. The zero-order chi connectivity index (χ0) is 19.1. The molecule has 1 N–H and O–H groups in total. The third-order valence-electron chi connectivity index (χ3n) is 5.37. The van der Waals surface area contributed by atoms with E-state index in [1.54, 1.807) is 26.1 Å². The normalized spacial score (nSPS) is 17.4. The average Bonchev–Trinajstić information content (AvgIpc) is 3.50. The maximum absolute atomic E-state index is 15.2. The summed E-state index contributed by atoms with van der Waals surface area (Å²) in [4.78, 5) is 27.3. The molecule has 2 heterocycles. The van der Waals surface area contributed by atoms with Crippen molar-refractivity contribution in [1.29, 1.82) is 0 Å². The molecule has 144 valence electrons. The van der Waals surface area contributed by atoms with E-state index in [2.05, 4.69) is 5.32 Å². The second-order valence-electron chi connectivity index (χ2n) is 7.20. The van der Waals surface area contributed by atoms with Gasteiger partial charge in [0.15, 0.2) is 0 Å². The minimum absolute atomic E-state index is 0.0197. The summed E-state index contributed by atoms with van der Waals surface area (Å²) >= 11 is 0. The molecule has 2 aliphatic rings. The SMILES string of the molecule is CCOC(=O)c1cn(C2CC2)c2cc(N3CCNCC3)c(F)c(C)c2c1=O. The van der Waals surface area contributed by atoms with Crippen molar-refractivity contribution in [3.05, 3.63) is 39.4 Å². The van der Waals surface area contributed by atoms with E-state index in [0.29, 0.717) is 16.8 Å². The molecule has 6 nitrogen and oxygen atoms in total. The van der Waals surface area contributed by atoms with Gasteiger partial charge in [0.25, 0.3) is 0 Å². The summed E-state index contributed by atoms with van der Waals surface area (Å²) in [5.41, 5.74) is 1.05. The van der Waals surface area contributed by atoms with E-state index in [1.165, 1.54) is 0 Å². The van der Waals surface area contributed by atoms with Crippen LogP contribution in [0.1, 0.15) is 41.7 Å². The number of nitrogens with one attached hydrogen (secondary N) is 1. The maximum atomic E-state index is 15.2. The lowest BCUT2D eigenvalue weighted by atomic mass is 10.0. The minimum atomic E-state index is -0.648. The first-order valence-corrected chi connectivity index (χ1v) is 9.53. The lowest BCUT2D eigenvalue weighted by molar-refractivity contribution is 0.0524.